The number of hydrogen-bond acceptors (Lipinski definition) is 3. The van der Waals surface area contributed by atoms with Crippen LogP contribution < -0.4 is 5.73 Å². The lowest BCUT2D eigenvalue weighted by Crippen LogP contribution is -2.48. The van der Waals surface area contributed by atoms with E-state index in [1.165, 1.54) is 6.07 Å². The van der Waals surface area contributed by atoms with Gasteiger partial charge in [0.15, 0.2) is 0 Å². The predicted octanol–water partition coefficient (Wildman–Crippen LogP) is 5.27. The molecule has 1 saturated heterocycles. The van der Waals surface area contributed by atoms with E-state index < -0.39 is 42.1 Å². The SMILES string of the molecule is CC(C)(C)OC(=O)N1CC(F)(F)[C@H](N)[C@@H]1Cc1cccc(-c2cccc(Cl)c2)c1F. The van der Waals surface area contributed by atoms with Gasteiger partial charge in [0.25, 0.3) is 5.92 Å². The van der Waals surface area contributed by atoms with Crippen molar-refractivity contribution < 1.29 is 22.7 Å². The maximum Gasteiger partial charge on any atom is 0.410 e. The number of nitrogens with zero attached hydrogens (tertiary/aromatic N) is 1. The molecule has 1 heterocycles. The quantitative estimate of drug-likeness (QED) is 0.707. The number of ether oxygens (including phenoxy) is 1. The molecule has 2 N–H and O–H groups in total. The fraction of sp³-hybridized carbons (Fsp3) is 0.409. The Morgan fingerprint density at radius 1 is 1.27 bits per heavy atom. The lowest BCUT2D eigenvalue weighted by molar-refractivity contribution is -0.00942. The molecule has 0 saturated carbocycles. The number of likely N-dealkylation sites (tertiary alicyclic amines) is 1. The van der Waals surface area contributed by atoms with Gasteiger partial charge in [0, 0.05) is 10.6 Å². The van der Waals surface area contributed by atoms with Gasteiger partial charge in [0.1, 0.15) is 11.4 Å². The summed E-state index contributed by atoms with van der Waals surface area (Å²) >= 11 is 6.00. The Hall–Kier alpha value is -2.25. The summed E-state index contributed by atoms with van der Waals surface area (Å²) in [5, 5.41) is 0.450. The van der Waals surface area contributed by atoms with Gasteiger partial charge in [-0.25, -0.2) is 18.0 Å². The third kappa shape index (κ3) is 4.73. The highest BCUT2D eigenvalue weighted by Gasteiger charge is 2.55. The normalized spacial score (nSPS) is 21.0. The first kappa shape index (κ1) is 22.4. The van der Waals surface area contributed by atoms with Crippen LogP contribution in [0.1, 0.15) is 26.3 Å². The summed E-state index contributed by atoms with van der Waals surface area (Å²) in [6, 6.07) is 8.65. The summed E-state index contributed by atoms with van der Waals surface area (Å²) in [4.78, 5) is 13.4. The van der Waals surface area contributed by atoms with Crippen molar-refractivity contribution in [3.8, 4) is 11.1 Å². The molecule has 0 unspecified atom stereocenters. The first-order valence-corrected chi connectivity index (χ1v) is 9.93. The maximum absolute atomic E-state index is 15.3. The van der Waals surface area contributed by atoms with Crippen molar-refractivity contribution in [1.82, 2.24) is 4.90 Å². The summed E-state index contributed by atoms with van der Waals surface area (Å²) in [5.41, 5.74) is 5.95. The summed E-state index contributed by atoms with van der Waals surface area (Å²) in [6.45, 7) is 4.05. The molecular formula is C22H24ClF3N2O2. The van der Waals surface area contributed by atoms with Crippen LogP contribution in [0.3, 0.4) is 0 Å². The molecule has 2 atom stereocenters. The minimum Gasteiger partial charge on any atom is -0.444 e. The zero-order chi connectivity index (χ0) is 22.3. The van der Waals surface area contributed by atoms with Crippen LogP contribution in [0.25, 0.3) is 11.1 Å². The fourth-order valence-electron chi connectivity index (χ4n) is 3.52. The van der Waals surface area contributed by atoms with E-state index in [1.54, 1.807) is 57.2 Å². The molecule has 0 aromatic heterocycles. The van der Waals surface area contributed by atoms with Gasteiger partial charge in [-0.2, -0.15) is 0 Å². The Balaban J connectivity index is 1.93. The van der Waals surface area contributed by atoms with Gasteiger partial charge in [0.2, 0.25) is 0 Å². The molecule has 30 heavy (non-hydrogen) atoms. The van der Waals surface area contributed by atoms with Crippen molar-refractivity contribution in [2.45, 2.75) is 50.8 Å². The average molecular weight is 441 g/mol. The number of alkyl halides is 2. The van der Waals surface area contributed by atoms with E-state index in [-0.39, 0.29) is 17.5 Å². The minimum absolute atomic E-state index is 0.170. The molecule has 2 aromatic carbocycles. The summed E-state index contributed by atoms with van der Waals surface area (Å²) in [6.07, 6.45) is -1.07. The van der Waals surface area contributed by atoms with Crippen molar-refractivity contribution in [1.29, 1.82) is 0 Å². The van der Waals surface area contributed by atoms with Crippen LogP contribution in [-0.4, -0.2) is 41.1 Å². The topological polar surface area (TPSA) is 55.6 Å². The molecule has 1 fully saturated rings. The largest absolute Gasteiger partial charge is 0.444 e. The van der Waals surface area contributed by atoms with E-state index in [0.29, 0.717) is 10.6 Å². The van der Waals surface area contributed by atoms with Crippen LogP contribution in [0.4, 0.5) is 18.0 Å². The van der Waals surface area contributed by atoms with Gasteiger partial charge in [-0.3, -0.25) is 4.90 Å². The molecule has 3 rings (SSSR count). The number of carbonyl (C=O) groups is 1. The number of rotatable bonds is 3. The zero-order valence-corrected chi connectivity index (χ0v) is 17.7. The summed E-state index contributed by atoms with van der Waals surface area (Å²) in [5.74, 6) is -3.87. The van der Waals surface area contributed by atoms with Crippen LogP contribution in [0.2, 0.25) is 5.02 Å². The molecule has 8 heteroatoms. The highest BCUT2D eigenvalue weighted by Crippen LogP contribution is 2.35. The smallest absolute Gasteiger partial charge is 0.410 e. The molecule has 1 aliphatic rings. The second-order valence-corrected chi connectivity index (χ2v) is 8.89. The number of carbonyl (C=O) groups excluding carboxylic acids is 1. The number of benzene rings is 2. The van der Waals surface area contributed by atoms with E-state index in [1.807, 2.05) is 0 Å². The van der Waals surface area contributed by atoms with Crippen molar-refractivity contribution in [2.75, 3.05) is 6.54 Å². The van der Waals surface area contributed by atoms with Gasteiger partial charge >= 0.3 is 6.09 Å². The monoisotopic (exact) mass is 440 g/mol. The highest BCUT2D eigenvalue weighted by atomic mass is 35.5. The van der Waals surface area contributed by atoms with Crippen molar-refractivity contribution in [3.05, 3.63) is 58.9 Å². The lowest BCUT2D eigenvalue weighted by Gasteiger charge is -2.29. The number of hydrogen-bond donors (Lipinski definition) is 1. The van der Waals surface area contributed by atoms with E-state index in [0.717, 1.165) is 4.90 Å². The van der Waals surface area contributed by atoms with Gasteiger partial charge in [-0.15, -0.1) is 0 Å². The van der Waals surface area contributed by atoms with Crippen LogP contribution in [-0.2, 0) is 11.2 Å². The number of nitrogens with two attached hydrogens (primary N) is 1. The Kier molecular flexibility index (Phi) is 6.07. The summed E-state index contributed by atoms with van der Waals surface area (Å²) < 4.78 is 49.2. The lowest BCUT2D eigenvalue weighted by atomic mass is 9.95. The van der Waals surface area contributed by atoms with Crippen LogP contribution in [0, 0.1) is 5.82 Å². The first-order chi connectivity index (χ1) is 13.9. The second-order valence-electron chi connectivity index (χ2n) is 8.46. The van der Waals surface area contributed by atoms with E-state index in [2.05, 4.69) is 0 Å². The zero-order valence-electron chi connectivity index (χ0n) is 17.0. The van der Waals surface area contributed by atoms with Crippen LogP contribution >= 0.6 is 11.6 Å². The third-order valence-corrected chi connectivity index (χ3v) is 5.19. The minimum atomic E-state index is -3.30. The number of amides is 1. The van der Waals surface area contributed by atoms with Crippen molar-refractivity contribution in [2.24, 2.45) is 5.73 Å². The van der Waals surface area contributed by atoms with Crippen molar-refractivity contribution in [3.63, 3.8) is 0 Å². The Morgan fingerprint density at radius 2 is 1.93 bits per heavy atom. The predicted molar refractivity (Wildman–Crippen MR) is 110 cm³/mol. The summed E-state index contributed by atoms with van der Waals surface area (Å²) in [7, 11) is 0. The van der Waals surface area contributed by atoms with Crippen LogP contribution in [0.15, 0.2) is 42.5 Å². The molecule has 1 amide bonds. The van der Waals surface area contributed by atoms with Crippen LogP contribution in [0.5, 0.6) is 0 Å². The van der Waals surface area contributed by atoms with E-state index in [9.17, 15) is 13.6 Å². The molecule has 0 spiro atoms. The number of halogens is 4. The van der Waals surface area contributed by atoms with E-state index >= 15 is 4.39 Å². The third-order valence-electron chi connectivity index (χ3n) is 4.96. The first-order valence-electron chi connectivity index (χ1n) is 9.55. The van der Waals surface area contributed by atoms with Gasteiger partial charge in [0.05, 0.1) is 18.6 Å². The maximum atomic E-state index is 15.3. The Morgan fingerprint density at radius 3 is 2.57 bits per heavy atom. The van der Waals surface area contributed by atoms with Gasteiger partial charge in [-0.05, 0) is 50.5 Å². The second kappa shape index (κ2) is 8.12. The molecule has 162 valence electrons. The molecule has 1 aliphatic heterocycles. The standard InChI is InChI=1S/C22H24ClF3N2O2/c1-21(2,3)30-20(29)28-12-22(25,26)19(27)17(28)11-14-7-5-9-16(18(14)24)13-6-4-8-15(23)10-13/h4-10,17,19H,11-12,27H2,1-3H3/t17-,19+/m0/s1. The van der Waals surface area contributed by atoms with Gasteiger partial charge in [-0.1, -0.05) is 41.9 Å². The molecule has 0 bridgehead atoms. The van der Waals surface area contributed by atoms with Crippen molar-refractivity contribution >= 4 is 17.7 Å². The Bertz CT molecular complexity index is 946. The van der Waals surface area contributed by atoms with E-state index in [4.69, 9.17) is 22.1 Å². The highest BCUT2D eigenvalue weighted by molar-refractivity contribution is 6.30. The fourth-order valence-corrected chi connectivity index (χ4v) is 3.71. The molecular weight excluding hydrogens is 417 g/mol. The molecule has 0 radical (unpaired) electrons. The Labute approximate surface area is 178 Å². The average Bonchev–Trinajstić information content (AvgIpc) is 2.86. The molecule has 0 aliphatic carbocycles. The van der Waals surface area contributed by atoms with Gasteiger partial charge < -0.3 is 10.5 Å². The molecule has 4 nitrogen and oxygen atoms in total. The molecule has 2 aromatic rings.